The van der Waals surface area contributed by atoms with Gasteiger partial charge in [-0.2, -0.15) is 5.26 Å². The van der Waals surface area contributed by atoms with Crippen molar-refractivity contribution in [3.8, 4) is 34.3 Å². The quantitative estimate of drug-likeness (QED) is 0.162. The van der Waals surface area contributed by atoms with Gasteiger partial charge in [-0.1, -0.05) is 83.4 Å². The van der Waals surface area contributed by atoms with Gasteiger partial charge in [-0.3, -0.25) is 0 Å². The number of nitriles is 1. The minimum atomic E-state index is 0.254. The summed E-state index contributed by atoms with van der Waals surface area (Å²) in [6.07, 6.45) is 1.68. The number of ether oxygens (including phenoxy) is 1. The summed E-state index contributed by atoms with van der Waals surface area (Å²) in [6.45, 7) is 4.46. The Kier molecular flexibility index (Phi) is 8.56. The maximum atomic E-state index is 10.2. The lowest BCUT2D eigenvalue weighted by Crippen LogP contribution is -1.97. The Labute approximate surface area is 255 Å². The first-order valence-corrected chi connectivity index (χ1v) is 14.4. The molecule has 1 aromatic heterocycles. The lowest BCUT2D eigenvalue weighted by Gasteiger charge is -2.11. The van der Waals surface area contributed by atoms with Crippen LogP contribution in [-0.4, -0.2) is 6.21 Å². The van der Waals surface area contributed by atoms with Gasteiger partial charge in [0.15, 0.2) is 0 Å². The largest absolute Gasteiger partial charge is 0.487 e. The number of rotatable bonds is 7. The van der Waals surface area contributed by atoms with Crippen molar-refractivity contribution in [3.05, 3.63) is 127 Å². The van der Waals surface area contributed by atoms with Crippen molar-refractivity contribution in [2.75, 3.05) is 0 Å². The molecule has 0 saturated carbocycles. The van der Waals surface area contributed by atoms with Crippen LogP contribution < -0.4 is 4.74 Å². The maximum absolute atomic E-state index is 10.2. The van der Waals surface area contributed by atoms with E-state index in [9.17, 15) is 5.26 Å². The summed E-state index contributed by atoms with van der Waals surface area (Å²) in [4.78, 5) is 4.62. The Hall–Kier alpha value is -3.63. The van der Waals surface area contributed by atoms with Crippen molar-refractivity contribution < 1.29 is 9.15 Å². The Balaban J connectivity index is 1.48. The van der Waals surface area contributed by atoms with Gasteiger partial charge in [0, 0.05) is 22.4 Å². The molecule has 0 radical (unpaired) electrons. The van der Waals surface area contributed by atoms with E-state index in [1.165, 1.54) is 0 Å². The molecule has 0 bridgehead atoms. The van der Waals surface area contributed by atoms with Crippen LogP contribution in [0.4, 0.5) is 5.88 Å². The molecule has 7 heteroatoms. The molecule has 4 nitrogen and oxygen atoms in total. The fraction of sp³-hybridized carbons (Fsp3) is 0.0909. The summed E-state index contributed by atoms with van der Waals surface area (Å²) in [5, 5.41) is 10.9. The molecule has 4 aromatic carbocycles. The fourth-order valence-electron chi connectivity index (χ4n) is 4.18. The van der Waals surface area contributed by atoms with Crippen LogP contribution in [0.2, 0.25) is 5.02 Å². The van der Waals surface area contributed by atoms with E-state index < -0.39 is 0 Å². The third kappa shape index (κ3) is 6.23. The number of halogens is 3. The van der Waals surface area contributed by atoms with Gasteiger partial charge in [-0.15, -0.1) is 0 Å². The van der Waals surface area contributed by atoms with E-state index in [0.29, 0.717) is 28.7 Å². The minimum absolute atomic E-state index is 0.254. The number of nitrogens with zero attached hydrogens (tertiary/aromatic N) is 2. The first-order valence-electron chi connectivity index (χ1n) is 12.4. The molecule has 0 amide bonds. The predicted molar refractivity (Wildman–Crippen MR) is 169 cm³/mol. The summed E-state index contributed by atoms with van der Waals surface area (Å²) < 4.78 is 13.8. The molecule has 5 aromatic rings. The number of furan rings is 1. The number of aryl methyl sites for hydroxylation is 2. The summed E-state index contributed by atoms with van der Waals surface area (Å²) in [5.41, 5.74) is 6.97. The highest BCUT2D eigenvalue weighted by Gasteiger charge is 2.23. The number of aliphatic imine (C=N–C) groups is 1. The molecule has 198 valence electrons. The van der Waals surface area contributed by atoms with E-state index >= 15 is 0 Å². The van der Waals surface area contributed by atoms with E-state index in [2.05, 4.69) is 42.9 Å². The lowest BCUT2D eigenvalue weighted by molar-refractivity contribution is 0.302. The summed E-state index contributed by atoms with van der Waals surface area (Å²) >= 11 is 13.2. The smallest absolute Gasteiger partial charge is 0.238 e. The normalized spacial score (nSPS) is 11.1. The van der Waals surface area contributed by atoms with Crippen LogP contribution in [0.5, 0.6) is 5.75 Å². The molecule has 0 aliphatic rings. The fourth-order valence-corrected chi connectivity index (χ4v) is 5.76. The van der Waals surface area contributed by atoms with Crippen molar-refractivity contribution in [2.24, 2.45) is 4.99 Å². The third-order valence-electron chi connectivity index (χ3n) is 6.30. The van der Waals surface area contributed by atoms with Crippen molar-refractivity contribution in [1.82, 2.24) is 0 Å². The zero-order chi connectivity index (χ0) is 28.2. The SMILES string of the molecule is Cc1ccc(-c2oc(N=Cc3cc(Br)c(OCc4ccc(Cl)cc4)c(Br)c3)c(C#N)c2-c2ccc(C)cc2)cc1. The van der Waals surface area contributed by atoms with Gasteiger partial charge < -0.3 is 9.15 Å². The van der Waals surface area contributed by atoms with E-state index in [0.717, 1.165) is 47.9 Å². The second-order valence-corrected chi connectivity index (χ2v) is 11.5. The Morgan fingerprint density at radius 1 is 0.875 bits per heavy atom. The number of benzene rings is 4. The van der Waals surface area contributed by atoms with Crippen molar-refractivity contribution >= 4 is 55.6 Å². The number of hydrogen-bond donors (Lipinski definition) is 0. The zero-order valence-electron chi connectivity index (χ0n) is 21.7. The zero-order valence-corrected chi connectivity index (χ0v) is 25.6. The molecule has 0 saturated heterocycles. The average molecular weight is 675 g/mol. The van der Waals surface area contributed by atoms with Crippen LogP contribution in [0.1, 0.15) is 27.8 Å². The summed E-state index contributed by atoms with van der Waals surface area (Å²) in [7, 11) is 0. The van der Waals surface area contributed by atoms with Gasteiger partial charge in [0.05, 0.1) is 8.95 Å². The second-order valence-electron chi connectivity index (χ2n) is 9.32. The Morgan fingerprint density at radius 3 is 2.02 bits per heavy atom. The van der Waals surface area contributed by atoms with Gasteiger partial charge in [0.2, 0.25) is 5.88 Å². The minimum Gasteiger partial charge on any atom is -0.487 e. The highest BCUT2D eigenvalue weighted by atomic mass is 79.9. The third-order valence-corrected chi connectivity index (χ3v) is 7.73. The first kappa shape index (κ1) is 27.9. The van der Waals surface area contributed by atoms with Gasteiger partial charge in [-0.05, 0) is 86.7 Å². The van der Waals surface area contributed by atoms with Crippen molar-refractivity contribution in [2.45, 2.75) is 20.5 Å². The van der Waals surface area contributed by atoms with Crippen molar-refractivity contribution in [3.63, 3.8) is 0 Å². The lowest BCUT2D eigenvalue weighted by atomic mass is 9.97. The van der Waals surface area contributed by atoms with Gasteiger partial charge in [-0.25, -0.2) is 4.99 Å². The molecule has 5 rings (SSSR count). The molecule has 0 unspecified atom stereocenters. The molecule has 0 aliphatic carbocycles. The molecule has 0 N–H and O–H groups in total. The standard InChI is InChI=1S/C33H23Br2ClN2O2/c1-20-3-9-24(10-4-20)30-27(17-37)33(40-31(30)25-11-5-21(2)6-12-25)38-18-23-15-28(34)32(29(35)16-23)39-19-22-7-13-26(36)14-8-22/h3-16,18H,19H2,1-2H3. The van der Waals surface area contributed by atoms with Gasteiger partial charge in [0.1, 0.15) is 29.7 Å². The summed E-state index contributed by atoms with van der Waals surface area (Å²) in [5.74, 6) is 1.54. The molecule has 1 heterocycles. The van der Waals surface area contributed by atoms with Crippen molar-refractivity contribution in [1.29, 1.82) is 5.26 Å². The second kappa shape index (κ2) is 12.3. The van der Waals surface area contributed by atoms with Gasteiger partial charge in [0.25, 0.3) is 0 Å². The molecule has 0 spiro atoms. The van der Waals surface area contributed by atoms with Crippen LogP contribution in [0.25, 0.3) is 22.5 Å². The van der Waals surface area contributed by atoms with Crippen LogP contribution >= 0.6 is 43.5 Å². The highest BCUT2D eigenvalue weighted by molar-refractivity contribution is 9.11. The average Bonchev–Trinajstić information content (AvgIpc) is 3.31. The molecule has 0 aliphatic heterocycles. The topological polar surface area (TPSA) is 58.5 Å². The molecular weight excluding hydrogens is 652 g/mol. The van der Waals surface area contributed by atoms with Crippen LogP contribution in [0.3, 0.4) is 0 Å². The predicted octanol–water partition coefficient (Wildman–Crippen LogP) is 10.6. The molecule has 0 atom stereocenters. The monoisotopic (exact) mass is 672 g/mol. The molecular formula is C33H23Br2ClN2O2. The molecule has 40 heavy (non-hydrogen) atoms. The van der Waals surface area contributed by atoms with E-state index in [1.54, 1.807) is 6.21 Å². The van der Waals surface area contributed by atoms with Crippen LogP contribution in [0.15, 0.2) is 103 Å². The Bertz CT molecular complexity index is 1710. The molecule has 0 fully saturated rings. The Morgan fingerprint density at radius 2 is 1.45 bits per heavy atom. The van der Waals surface area contributed by atoms with E-state index in [4.69, 9.17) is 20.8 Å². The van der Waals surface area contributed by atoms with Gasteiger partial charge >= 0.3 is 0 Å². The highest BCUT2D eigenvalue weighted by Crippen LogP contribution is 2.43. The first-order chi connectivity index (χ1) is 19.3. The van der Waals surface area contributed by atoms with E-state index in [-0.39, 0.29) is 5.88 Å². The van der Waals surface area contributed by atoms with Crippen LogP contribution in [-0.2, 0) is 6.61 Å². The number of hydrogen-bond acceptors (Lipinski definition) is 4. The van der Waals surface area contributed by atoms with E-state index in [1.807, 2.05) is 98.8 Å². The van der Waals surface area contributed by atoms with Crippen LogP contribution in [0, 0.1) is 25.2 Å². The summed E-state index contributed by atoms with van der Waals surface area (Å²) in [6, 6.07) is 29.8. The maximum Gasteiger partial charge on any atom is 0.238 e.